The van der Waals surface area contributed by atoms with Crippen molar-refractivity contribution in [2.24, 2.45) is 5.73 Å². The van der Waals surface area contributed by atoms with Crippen LogP contribution in [0, 0.1) is 0 Å². The van der Waals surface area contributed by atoms with Gasteiger partial charge in [0.25, 0.3) is 0 Å². The molecule has 1 heterocycles. The molecule has 1 aromatic rings. The summed E-state index contributed by atoms with van der Waals surface area (Å²) in [5.74, 6) is 0. The van der Waals surface area contributed by atoms with E-state index < -0.39 is 11.1 Å². The molecule has 0 saturated heterocycles. The van der Waals surface area contributed by atoms with Crippen LogP contribution in [-0.2, 0) is 11.6 Å². The van der Waals surface area contributed by atoms with E-state index in [0.29, 0.717) is 6.54 Å². The number of halogens is 3. The minimum absolute atomic E-state index is 0.159. The Balaban J connectivity index is 2.27. The topological polar surface area (TPSA) is 26.0 Å². The van der Waals surface area contributed by atoms with Gasteiger partial charge in [-0.05, 0) is 25.0 Å². The molecule has 0 radical (unpaired) electrons. The fourth-order valence-corrected chi connectivity index (χ4v) is 3.06. The van der Waals surface area contributed by atoms with Gasteiger partial charge in [-0.15, -0.1) is 11.3 Å². The zero-order valence-corrected chi connectivity index (χ0v) is 8.92. The first-order valence-electron chi connectivity index (χ1n) is 4.85. The van der Waals surface area contributed by atoms with Crippen LogP contribution in [0.3, 0.4) is 0 Å². The summed E-state index contributed by atoms with van der Waals surface area (Å²) in [5, 5.41) is 0. The molecule has 2 N–H and O–H groups in total. The monoisotopic (exact) mass is 235 g/mol. The molecule has 1 nitrogen and oxygen atoms in total. The van der Waals surface area contributed by atoms with Gasteiger partial charge in [0.15, 0.2) is 0 Å². The second kappa shape index (κ2) is 3.49. The van der Waals surface area contributed by atoms with Crippen LogP contribution >= 0.6 is 11.3 Å². The predicted molar refractivity (Wildman–Crippen MR) is 53.9 cm³/mol. The lowest BCUT2D eigenvalue weighted by Gasteiger charge is -2.40. The minimum Gasteiger partial charge on any atom is -0.330 e. The lowest BCUT2D eigenvalue weighted by atomic mass is 9.68. The largest absolute Gasteiger partial charge is 0.425 e. The summed E-state index contributed by atoms with van der Waals surface area (Å²) in [5.41, 5.74) is 5.49. The molecule has 0 aliphatic heterocycles. The summed E-state index contributed by atoms with van der Waals surface area (Å²) in [6.07, 6.45) is -1.32. The zero-order valence-electron chi connectivity index (χ0n) is 8.10. The molecule has 1 fully saturated rings. The molecule has 1 saturated carbocycles. The highest BCUT2D eigenvalue weighted by atomic mass is 32.1. The highest BCUT2D eigenvalue weighted by Crippen LogP contribution is 2.47. The standard InChI is InChI=1S/C10H12F3NS/c11-10(12,13)8-3-2-7(15-8)9(6-14)4-1-5-9/h2-3H,1,4-6,14H2. The first-order chi connectivity index (χ1) is 6.98. The van der Waals surface area contributed by atoms with E-state index in [1.54, 1.807) is 6.07 Å². The highest BCUT2D eigenvalue weighted by molar-refractivity contribution is 7.12. The third-order valence-corrected chi connectivity index (χ3v) is 4.49. The number of thiophene rings is 1. The van der Waals surface area contributed by atoms with Gasteiger partial charge < -0.3 is 5.73 Å². The summed E-state index contributed by atoms with van der Waals surface area (Å²) in [4.78, 5) is 0.279. The van der Waals surface area contributed by atoms with Crippen LogP contribution in [0.4, 0.5) is 13.2 Å². The Morgan fingerprint density at radius 2 is 2.00 bits per heavy atom. The Labute approximate surface area is 90.1 Å². The van der Waals surface area contributed by atoms with Crippen molar-refractivity contribution in [1.29, 1.82) is 0 Å². The molecule has 0 bridgehead atoms. The fourth-order valence-electron chi connectivity index (χ4n) is 1.93. The lowest BCUT2D eigenvalue weighted by molar-refractivity contribution is -0.134. The van der Waals surface area contributed by atoms with Gasteiger partial charge in [0.2, 0.25) is 0 Å². The first kappa shape index (κ1) is 11.0. The van der Waals surface area contributed by atoms with E-state index in [1.165, 1.54) is 0 Å². The molecule has 5 heteroatoms. The van der Waals surface area contributed by atoms with E-state index in [4.69, 9.17) is 5.73 Å². The fraction of sp³-hybridized carbons (Fsp3) is 0.600. The van der Waals surface area contributed by atoms with Gasteiger partial charge in [-0.1, -0.05) is 6.42 Å². The molecule has 0 aromatic carbocycles. The predicted octanol–water partition coefficient (Wildman–Crippen LogP) is 3.15. The molecular weight excluding hydrogens is 223 g/mol. The molecule has 0 unspecified atom stereocenters. The van der Waals surface area contributed by atoms with E-state index in [0.717, 1.165) is 41.5 Å². The van der Waals surface area contributed by atoms with Crippen LogP contribution in [0.1, 0.15) is 29.0 Å². The van der Waals surface area contributed by atoms with Crippen LogP contribution in [0.5, 0.6) is 0 Å². The van der Waals surface area contributed by atoms with E-state index >= 15 is 0 Å². The molecule has 1 aromatic heterocycles. The van der Waals surface area contributed by atoms with Crippen LogP contribution < -0.4 is 5.73 Å². The maximum atomic E-state index is 12.4. The van der Waals surface area contributed by atoms with Crippen molar-refractivity contribution < 1.29 is 13.2 Å². The van der Waals surface area contributed by atoms with E-state index in [2.05, 4.69) is 0 Å². The smallest absolute Gasteiger partial charge is 0.330 e. The Hall–Kier alpha value is -0.550. The second-order valence-corrected chi connectivity index (χ2v) is 5.08. The summed E-state index contributed by atoms with van der Waals surface area (Å²) >= 11 is 0.842. The maximum Gasteiger partial charge on any atom is 0.425 e. The van der Waals surface area contributed by atoms with Crippen molar-refractivity contribution in [2.75, 3.05) is 6.54 Å². The SMILES string of the molecule is NCC1(c2ccc(C(F)(F)F)s2)CCC1. The van der Waals surface area contributed by atoms with Gasteiger partial charge in [-0.2, -0.15) is 13.2 Å². The number of rotatable bonds is 2. The third-order valence-electron chi connectivity index (χ3n) is 3.11. The van der Waals surface area contributed by atoms with Crippen LogP contribution in [0.25, 0.3) is 0 Å². The Kier molecular flexibility index (Phi) is 2.55. The van der Waals surface area contributed by atoms with Crippen LogP contribution in [0.15, 0.2) is 12.1 Å². The lowest BCUT2D eigenvalue weighted by Crippen LogP contribution is -2.40. The van der Waals surface area contributed by atoms with Gasteiger partial charge in [-0.3, -0.25) is 0 Å². The highest BCUT2D eigenvalue weighted by Gasteiger charge is 2.41. The Morgan fingerprint density at radius 3 is 2.33 bits per heavy atom. The average Bonchev–Trinajstić information content (AvgIpc) is 2.51. The normalized spacial score (nSPS) is 20.0. The molecule has 84 valence electrons. The number of alkyl halides is 3. The van der Waals surface area contributed by atoms with Crippen LogP contribution in [0.2, 0.25) is 0 Å². The van der Waals surface area contributed by atoms with Crippen molar-refractivity contribution >= 4 is 11.3 Å². The van der Waals surface area contributed by atoms with Crippen molar-refractivity contribution in [3.8, 4) is 0 Å². The molecule has 15 heavy (non-hydrogen) atoms. The Morgan fingerprint density at radius 1 is 1.33 bits per heavy atom. The van der Waals surface area contributed by atoms with Gasteiger partial charge in [0, 0.05) is 16.8 Å². The third kappa shape index (κ3) is 1.78. The minimum atomic E-state index is -4.22. The van der Waals surface area contributed by atoms with E-state index in [9.17, 15) is 13.2 Å². The summed E-state index contributed by atoms with van der Waals surface area (Å²) < 4.78 is 37.2. The molecular formula is C10H12F3NS. The second-order valence-electron chi connectivity index (χ2n) is 4.00. The van der Waals surface area contributed by atoms with Crippen molar-refractivity contribution in [1.82, 2.24) is 0 Å². The summed E-state index contributed by atoms with van der Waals surface area (Å²) in [7, 11) is 0. The van der Waals surface area contributed by atoms with Crippen molar-refractivity contribution in [3.05, 3.63) is 21.9 Å². The summed E-state index contributed by atoms with van der Waals surface area (Å²) in [6, 6.07) is 2.75. The van der Waals surface area contributed by atoms with Gasteiger partial charge in [-0.25, -0.2) is 0 Å². The van der Waals surface area contributed by atoms with Crippen molar-refractivity contribution in [3.63, 3.8) is 0 Å². The quantitative estimate of drug-likeness (QED) is 0.837. The molecule has 1 aliphatic carbocycles. The molecule has 2 rings (SSSR count). The van der Waals surface area contributed by atoms with E-state index in [-0.39, 0.29) is 5.41 Å². The summed E-state index contributed by atoms with van der Waals surface area (Å²) in [6.45, 7) is 0.449. The van der Waals surface area contributed by atoms with E-state index in [1.807, 2.05) is 0 Å². The van der Waals surface area contributed by atoms with Gasteiger partial charge in [0.1, 0.15) is 4.88 Å². The van der Waals surface area contributed by atoms with Gasteiger partial charge >= 0.3 is 6.18 Å². The Bertz CT molecular complexity index is 346. The zero-order chi connectivity index (χ0) is 11.1. The number of hydrogen-bond acceptors (Lipinski definition) is 2. The molecule has 0 atom stereocenters. The number of hydrogen-bond donors (Lipinski definition) is 1. The number of nitrogens with two attached hydrogens (primary N) is 1. The molecule has 0 spiro atoms. The first-order valence-corrected chi connectivity index (χ1v) is 5.67. The van der Waals surface area contributed by atoms with Gasteiger partial charge in [0.05, 0.1) is 0 Å². The molecule has 1 aliphatic rings. The average molecular weight is 235 g/mol. The molecule has 0 amide bonds. The van der Waals surface area contributed by atoms with Crippen molar-refractivity contribution in [2.45, 2.75) is 30.9 Å². The maximum absolute atomic E-state index is 12.4. The van der Waals surface area contributed by atoms with Crippen LogP contribution in [-0.4, -0.2) is 6.54 Å².